The zero-order valence-electron chi connectivity index (χ0n) is 15.0. The minimum absolute atomic E-state index is 0.0344. The Bertz CT molecular complexity index is 1440. The van der Waals surface area contributed by atoms with Gasteiger partial charge < -0.3 is 0 Å². The maximum absolute atomic E-state index is 13.7. The lowest BCUT2D eigenvalue weighted by Gasteiger charge is -2.03. The molecule has 138 valence electrons. The summed E-state index contributed by atoms with van der Waals surface area (Å²) in [6.07, 6.45) is 0. The number of aromatic nitrogens is 3. The van der Waals surface area contributed by atoms with Crippen molar-refractivity contribution in [3.8, 4) is 27.6 Å². The van der Waals surface area contributed by atoms with Crippen LogP contribution in [0.4, 0.5) is 4.39 Å². The Morgan fingerprint density at radius 2 is 1.66 bits per heavy atom. The van der Waals surface area contributed by atoms with Gasteiger partial charge in [-0.25, -0.2) is 14.1 Å². The third-order valence-electron chi connectivity index (χ3n) is 5.11. The second-order valence-electron chi connectivity index (χ2n) is 6.83. The topological polar surface area (TPSA) is 47.8 Å². The molecule has 1 aliphatic carbocycles. The zero-order chi connectivity index (χ0) is 19.5. The molecule has 0 spiro atoms. The molecule has 0 fully saturated rings. The Morgan fingerprint density at radius 1 is 0.897 bits per heavy atom. The summed E-state index contributed by atoms with van der Waals surface area (Å²) in [4.78, 5) is 17.9. The zero-order valence-corrected chi connectivity index (χ0v) is 15.8. The highest BCUT2D eigenvalue weighted by molar-refractivity contribution is 7.20. The van der Waals surface area contributed by atoms with Crippen LogP contribution in [0.25, 0.3) is 37.9 Å². The molecule has 6 heteroatoms. The summed E-state index contributed by atoms with van der Waals surface area (Å²) in [5.74, 6) is -0.336. The predicted octanol–water partition coefficient (Wildman–Crippen LogP) is 5.50. The summed E-state index contributed by atoms with van der Waals surface area (Å²) in [6, 6.07) is 21.7. The van der Waals surface area contributed by atoms with Crippen LogP contribution >= 0.6 is 11.3 Å². The first kappa shape index (κ1) is 16.3. The number of carbonyl (C=O) groups is 1. The van der Waals surface area contributed by atoms with E-state index in [1.807, 2.05) is 54.6 Å². The second kappa shape index (κ2) is 5.93. The van der Waals surface area contributed by atoms with Crippen molar-refractivity contribution < 1.29 is 9.18 Å². The van der Waals surface area contributed by atoms with E-state index in [9.17, 15) is 9.18 Å². The highest BCUT2D eigenvalue weighted by Crippen LogP contribution is 2.43. The van der Waals surface area contributed by atoms with Gasteiger partial charge >= 0.3 is 0 Å². The van der Waals surface area contributed by atoms with Crippen LogP contribution in [0.5, 0.6) is 0 Å². The van der Waals surface area contributed by atoms with Gasteiger partial charge in [0.15, 0.2) is 5.78 Å². The molecule has 4 nitrogen and oxygen atoms in total. The molecule has 29 heavy (non-hydrogen) atoms. The molecule has 2 heterocycles. The van der Waals surface area contributed by atoms with Gasteiger partial charge in [0.1, 0.15) is 11.5 Å². The van der Waals surface area contributed by atoms with Gasteiger partial charge in [-0.3, -0.25) is 4.79 Å². The molecule has 0 bridgehead atoms. The highest BCUT2D eigenvalue weighted by Gasteiger charge is 2.35. The summed E-state index contributed by atoms with van der Waals surface area (Å²) in [5, 5.41) is 5.39. The molecule has 0 amide bonds. The minimum atomic E-state index is -0.302. The molecule has 0 aliphatic heterocycles. The van der Waals surface area contributed by atoms with E-state index in [0.29, 0.717) is 27.5 Å². The van der Waals surface area contributed by atoms with Crippen molar-refractivity contribution in [1.82, 2.24) is 14.8 Å². The fourth-order valence-electron chi connectivity index (χ4n) is 3.82. The largest absolute Gasteiger partial charge is 0.288 e. The number of thiazole rings is 1. The average molecular weight is 397 g/mol. The minimum Gasteiger partial charge on any atom is -0.288 e. The van der Waals surface area contributed by atoms with Crippen LogP contribution in [0.15, 0.2) is 72.8 Å². The van der Waals surface area contributed by atoms with Gasteiger partial charge in [-0.05, 0) is 18.2 Å². The quantitative estimate of drug-likeness (QED) is 0.388. The molecule has 3 aromatic carbocycles. The molecule has 6 rings (SSSR count). The lowest BCUT2D eigenvalue weighted by molar-refractivity contribution is 0.104. The lowest BCUT2D eigenvalue weighted by atomic mass is 10.0. The summed E-state index contributed by atoms with van der Waals surface area (Å²) in [7, 11) is 0. The third kappa shape index (κ3) is 2.33. The van der Waals surface area contributed by atoms with Crippen molar-refractivity contribution in [3.63, 3.8) is 0 Å². The first-order chi connectivity index (χ1) is 14.2. The van der Waals surface area contributed by atoms with Gasteiger partial charge in [0.05, 0.1) is 21.5 Å². The maximum atomic E-state index is 13.7. The summed E-state index contributed by atoms with van der Waals surface area (Å²) >= 11 is 1.35. The van der Waals surface area contributed by atoms with Gasteiger partial charge in [-0.1, -0.05) is 65.9 Å². The normalized spacial score (nSPS) is 12.4. The van der Waals surface area contributed by atoms with Crippen molar-refractivity contribution in [2.45, 2.75) is 0 Å². The van der Waals surface area contributed by atoms with E-state index in [1.165, 1.54) is 23.5 Å². The Balaban J connectivity index is 1.67. The summed E-state index contributed by atoms with van der Waals surface area (Å²) in [5.41, 5.74) is 5.04. The highest BCUT2D eigenvalue weighted by atomic mass is 32.1. The third-order valence-corrected chi connectivity index (χ3v) is 6.10. The summed E-state index contributed by atoms with van der Waals surface area (Å²) in [6.45, 7) is 0. The Morgan fingerprint density at radius 3 is 2.48 bits per heavy atom. The maximum Gasteiger partial charge on any atom is 0.212 e. The Hall–Kier alpha value is -3.64. The molecular weight excluding hydrogens is 385 g/mol. The van der Waals surface area contributed by atoms with E-state index in [-0.39, 0.29) is 11.6 Å². The molecule has 0 saturated heterocycles. The number of halogens is 1. The van der Waals surface area contributed by atoms with Crippen molar-refractivity contribution >= 4 is 27.3 Å². The first-order valence-electron chi connectivity index (χ1n) is 9.10. The Labute approximate surface area is 168 Å². The number of hydrogen-bond acceptors (Lipinski definition) is 4. The fraction of sp³-hybridized carbons (Fsp3) is 0. The van der Waals surface area contributed by atoms with E-state index in [0.717, 1.165) is 21.5 Å². The van der Waals surface area contributed by atoms with Crippen LogP contribution in [0.1, 0.15) is 15.9 Å². The van der Waals surface area contributed by atoms with Gasteiger partial charge in [-0.15, -0.1) is 0 Å². The van der Waals surface area contributed by atoms with Crippen molar-refractivity contribution in [1.29, 1.82) is 0 Å². The fourth-order valence-corrected chi connectivity index (χ4v) is 4.77. The number of carbonyl (C=O) groups excluding carboxylic acids is 1. The number of hydrogen-bond donors (Lipinski definition) is 0. The molecular formula is C23H12FN3OS. The Kier molecular flexibility index (Phi) is 3.34. The van der Waals surface area contributed by atoms with E-state index < -0.39 is 0 Å². The van der Waals surface area contributed by atoms with E-state index in [4.69, 9.17) is 5.10 Å². The number of ketones is 1. The van der Waals surface area contributed by atoms with Crippen LogP contribution in [-0.2, 0) is 0 Å². The number of fused-ring (bicyclic) bond motifs is 4. The molecule has 1 aliphatic rings. The lowest BCUT2D eigenvalue weighted by Crippen LogP contribution is -1.99. The smallest absolute Gasteiger partial charge is 0.212 e. The SMILES string of the molecule is O=C1c2ccccc2-c2c1c(-c1ccccc1)nn2-c1nc2ccc(F)cc2s1. The van der Waals surface area contributed by atoms with Gasteiger partial charge in [0.25, 0.3) is 0 Å². The predicted molar refractivity (Wildman–Crippen MR) is 111 cm³/mol. The molecule has 0 N–H and O–H groups in total. The monoisotopic (exact) mass is 397 g/mol. The average Bonchev–Trinajstić information content (AvgIpc) is 3.42. The van der Waals surface area contributed by atoms with Crippen molar-refractivity contribution in [2.24, 2.45) is 0 Å². The van der Waals surface area contributed by atoms with E-state index in [1.54, 1.807) is 10.7 Å². The summed E-state index contributed by atoms with van der Waals surface area (Å²) < 4.78 is 16.1. The standard InChI is InChI=1S/C23H12FN3OS/c24-14-10-11-17-18(12-14)29-23(25-17)27-21-15-8-4-5-9-16(15)22(28)19(21)20(26-27)13-6-2-1-3-7-13/h1-12H. The molecule has 0 atom stereocenters. The van der Waals surface area contributed by atoms with Gasteiger partial charge in [-0.2, -0.15) is 5.10 Å². The number of benzene rings is 3. The van der Waals surface area contributed by atoms with Crippen LogP contribution in [0, 0.1) is 5.82 Å². The molecule has 0 unspecified atom stereocenters. The van der Waals surface area contributed by atoms with Gasteiger partial charge in [0, 0.05) is 16.7 Å². The molecule has 0 saturated carbocycles. The van der Waals surface area contributed by atoms with Crippen LogP contribution in [-0.4, -0.2) is 20.5 Å². The number of nitrogens with zero attached hydrogens (tertiary/aromatic N) is 3. The van der Waals surface area contributed by atoms with Crippen LogP contribution < -0.4 is 0 Å². The molecule has 5 aromatic rings. The van der Waals surface area contributed by atoms with Gasteiger partial charge in [0.2, 0.25) is 5.13 Å². The van der Waals surface area contributed by atoms with Crippen LogP contribution in [0.3, 0.4) is 0 Å². The van der Waals surface area contributed by atoms with E-state index >= 15 is 0 Å². The second-order valence-corrected chi connectivity index (χ2v) is 7.84. The van der Waals surface area contributed by atoms with Crippen LogP contribution in [0.2, 0.25) is 0 Å². The number of rotatable bonds is 2. The molecule has 2 aromatic heterocycles. The van der Waals surface area contributed by atoms with Crippen molar-refractivity contribution in [2.75, 3.05) is 0 Å². The molecule has 0 radical (unpaired) electrons. The van der Waals surface area contributed by atoms with E-state index in [2.05, 4.69) is 4.98 Å². The first-order valence-corrected chi connectivity index (χ1v) is 9.91. The van der Waals surface area contributed by atoms with Crippen molar-refractivity contribution in [3.05, 3.63) is 89.7 Å².